The van der Waals surface area contributed by atoms with E-state index in [2.05, 4.69) is 40.0 Å². The normalized spacial score (nSPS) is 10.9. The summed E-state index contributed by atoms with van der Waals surface area (Å²) < 4.78 is 12.4. The Bertz CT molecular complexity index is 1180. The Labute approximate surface area is 214 Å². The molecule has 0 spiro atoms. The average Bonchev–Trinajstić information content (AvgIpc) is 2.85. The SMILES string of the molecule is COc1cc(/C=C(/C#N)C(=O)NCCCc2ccccc2)cc(I)c1OCc1ccc(C)cc1. The summed E-state index contributed by atoms with van der Waals surface area (Å²) in [6.45, 7) is 2.96. The van der Waals surface area contributed by atoms with Gasteiger partial charge in [-0.3, -0.25) is 4.79 Å². The summed E-state index contributed by atoms with van der Waals surface area (Å²) in [6, 6.07) is 23.9. The highest BCUT2D eigenvalue weighted by molar-refractivity contribution is 14.1. The number of methoxy groups -OCH3 is 1. The Morgan fingerprint density at radius 1 is 1.09 bits per heavy atom. The number of hydrogen-bond acceptors (Lipinski definition) is 4. The molecule has 1 N–H and O–H groups in total. The summed E-state index contributed by atoms with van der Waals surface area (Å²) in [5.41, 5.74) is 4.22. The van der Waals surface area contributed by atoms with E-state index >= 15 is 0 Å². The lowest BCUT2D eigenvalue weighted by Gasteiger charge is -2.14. The molecule has 6 heteroatoms. The summed E-state index contributed by atoms with van der Waals surface area (Å²) >= 11 is 2.17. The second-order valence-corrected chi connectivity index (χ2v) is 8.99. The quantitative estimate of drug-likeness (QED) is 0.145. The van der Waals surface area contributed by atoms with Gasteiger partial charge in [0.1, 0.15) is 18.2 Å². The summed E-state index contributed by atoms with van der Waals surface area (Å²) in [4.78, 5) is 12.5. The lowest BCUT2D eigenvalue weighted by Crippen LogP contribution is -2.25. The van der Waals surface area contributed by atoms with Crippen molar-refractivity contribution in [3.8, 4) is 17.6 Å². The maximum absolute atomic E-state index is 12.5. The number of halogens is 1. The standard InChI is InChI=1S/C28H27IN2O3/c1-20-10-12-22(13-11-20)19-34-27-25(29)16-23(17-26(27)33-2)15-24(18-30)28(32)31-14-6-9-21-7-4-3-5-8-21/h3-5,7-8,10-13,15-17H,6,9,14,19H2,1-2H3,(H,31,32)/b24-15-. The number of hydrogen-bond donors (Lipinski definition) is 1. The zero-order valence-corrected chi connectivity index (χ0v) is 21.5. The lowest BCUT2D eigenvalue weighted by molar-refractivity contribution is -0.117. The van der Waals surface area contributed by atoms with Gasteiger partial charge in [0, 0.05) is 6.54 Å². The summed E-state index contributed by atoms with van der Waals surface area (Å²) in [5, 5.41) is 12.4. The Balaban J connectivity index is 1.65. The highest BCUT2D eigenvalue weighted by Crippen LogP contribution is 2.35. The van der Waals surface area contributed by atoms with Crippen molar-refractivity contribution >= 4 is 34.6 Å². The van der Waals surface area contributed by atoms with Crippen LogP contribution in [0.1, 0.15) is 28.7 Å². The number of nitriles is 1. The third kappa shape index (κ3) is 7.35. The van der Waals surface area contributed by atoms with Crippen LogP contribution in [0.2, 0.25) is 0 Å². The molecule has 0 saturated carbocycles. The number of carbonyl (C=O) groups excluding carboxylic acids is 1. The summed E-state index contributed by atoms with van der Waals surface area (Å²) in [5.74, 6) is 0.791. The second kappa shape index (κ2) is 12.8. The van der Waals surface area contributed by atoms with Crippen LogP contribution in [-0.4, -0.2) is 19.6 Å². The number of rotatable bonds is 10. The van der Waals surface area contributed by atoms with Crippen LogP contribution in [0.15, 0.2) is 72.3 Å². The van der Waals surface area contributed by atoms with E-state index in [-0.39, 0.29) is 11.5 Å². The number of aryl methyl sites for hydroxylation is 2. The zero-order valence-electron chi connectivity index (χ0n) is 19.3. The number of nitrogens with one attached hydrogen (secondary N) is 1. The molecule has 3 aromatic carbocycles. The Kier molecular flexibility index (Phi) is 9.53. The van der Waals surface area contributed by atoms with E-state index in [9.17, 15) is 10.1 Å². The van der Waals surface area contributed by atoms with Crippen LogP contribution in [0.4, 0.5) is 0 Å². The van der Waals surface area contributed by atoms with Crippen LogP contribution >= 0.6 is 22.6 Å². The van der Waals surface area contributed by atoms with Gasteiger partial charge in [0.25, 0.3) is 5.91 Å². The summed E-state index contributed by atoms with van der Waals surface area (Å²) in [7, 11) is 1.57. The van der Waals surface area contributed by atoms with Gasteiger partial charge in [-0.25, -0.2) is 0 Å². The van der Waals surface area contributed by atoms with Crippen molar-refractivity contribution in [3.63, 3.8) is 0 Å². The highest BCUT2D eigenvalue weighted by Gasteiger charge is 2.14. The maximum atomic E-state index is 12.5. The van der Waals surface area contributed by atoms with Gasteiger partial charge >= 0.3 is 0 Å². The van der Waals surface area contributed by atoms with Crippen LogP contribution in [-0.2, 0) is 17.8 Å². The molecule has 174 valence electrons. The van der Waals surface area contributed by atoms with Crippen LogP contribution in [0.25, 0.3) is 6.08 Å². The molecule has 0 saturated heterocycles. The van der Waals surface area contributed by atoms with Crippen molar-refractivity contribution in [1.29, 1.82) is 5.26 Å². The minimum absolute atomic E-state index is 0.0471. The maximum Gasteiger partial charge on any atom is 0.261 e. The van der Waals surface area contributed by atoms with Gasteiger partial charge in [-0.05, 0) is 77.3 Å². The number of nitrogens with zero attached hydrogens (tertiary/aromatic N) is 1. The molecule has 5 nitrogen and oxygen atoms in total. The molecular weight excluding hydrogens is 539 g/mol. The van der Waals surface area contributed by atoms with Crippen molar-refractivity contribution in [2.24, 2.45) is 0 Å². The largest absolute Gasteiger partial charge is 0.493 e. The predicted octanol–water partition coefficient (Wildman–Crippen LogP) is 5.84. The third-order valence-electron chi connectivity index (χ3n) is 5.20. The van der Waals surface area contributed by atoms with Crippen molar-refractivity contribution in [2.45, 2.75) is 26.4 Å². The predicted molar refractivity (Wildman–Crippen MR) is 143 cm³/mol. The molecule has 0 aliphatic heterocycles. The molecule has 34 heavy (non-hydrogen) atoms. The molecule has 1 amide bonds. The Morgan fingerprint density at radius 3 is 2.50 bits per heavy atom. The lowest BCUT2D eigenvalue weighted by atomic mass is 10.1. The van der Waals surface area contributed by atoms with Gasteiger partial charge in [0.2, 0.25) is 0 Å². The molecule has 0 aliphatic carbocycles. The van der Waals surface area contributed by atoms with Crippen LogP contribution in [0, 0.1) is 21.8 Å². The Hall–Kier alpha value is -3.31. The number of carbonyl (C=O) groups is 1. The van der Waals surface area contributed by atoms with Crippen molar-refractivity contribution < 1.29 is 14.3 Å². The minimum atomic E-state index is -0.385. The van der Waals surface area contributed by atoms with Gasteiger partial charge in [-0.1, -0.05) is 60.2 Å². The Morgan fingerprint density at radius 2 is 1.82 bits per heavy atom. The molecule has 0 aromatic heterocycles. The van der Waals surface area contributed by atoms with Crippen molar-refractivity contribution in [2.75, 3.05) is 13.7 Å². The first-order chi connectivity index (χ1) is 16.5. The van der Waals surface area contributed by atoms with Crippen molar-refractivity contribution in [1.82, 2.24) is 5.32 Å². The molecule has 0 bridgehead atoms. The fourth-order valence-corrected chi connectivity index (χ4v) is 4.13. The van der Waals surface area contributed by atoms with Crippen LogP contribution in [0.5, 0.6) is 11.5 Å². The minimum Gasteiger partial charge on any atom is -0.493 e. The van der Waals surface area contributed by atoms with E-state index in [0.717, 1.165) is 22.0 Å². The van der Waals surface area contributed by atoms with Gasteiger partial charge in [0.15, 0.2) is 11.5 Å². The molecule has 0 radical (unpaired) electrons. The molecule has 0 heterocycles. The smallest absolute Gasteiger partial charge is 0.261 e. The second-order valence-electron chi connectivity index (χ2n) is 7.82. The van der Waals surface area contributed by atoms with Crippen LogP contribution < -0.4 is 14.8 Å². The molecule has 0 aliphatic rings. The molecule has 0 unspecified atom stereocenters. The zero-order chi connectivity index (χ0) is 24.3. The fraction of sp³-hybridized carbons (Fsp3) is 0.214. The van der Waals surface area contributed by atoms with E-state index in [0.29, 0.717) is 30.2 Å². The topological polar surface area (TPSA) is 71.3 Å². The van der Waals surface area contributed by atoms with Gasteiger partial charge in [-0.15, -0.1) is 0 Å². The van der Waals surface area contributed by atoms with E-state index < -0.39 is 0 Å². The fourth-order valence-electron chi connectivity index (χ4n) is 3.35. The van der Waals surface area contributed by atoms with Gasteiger partial charge in [-0.2, -0.15) is 5.26 Å². The molecule has 3 aromatic rings. The van der Waals surface area contributed by atoms with Crippen LogP contribution in [0.3, 0.4) is 0 Å². The molecule has 0 fully saturated rings. The molecule has 3 rings (SSSR count). The monoisotopic (exact) mass is 566 g/mol. The molecular formula is C28H27IN2O3. The number of benzene rings is 3. The first-order valence-corrected chi connectivity index (χ1v) is 12.1. The van der Waals surface area contributed by atoms with Gasteiger partial charge in [0.05, 0.1) is 10.7 Å². The average molecular weight is 566 g/mol. The van der Waals surface area contributed by atoms with Crippen molar-refractivity contribution in [3.05, 3.63) is 98.1 Å². The van der Waals surface area contributed by atoms with E-state index in [1.165, 1.54) is 11.1 Å². The highest BCUT2D eigenvalue weighted by atomic mass is 127. The van der Waals surface area contributed by atoms with Gasteiger partial charge < -0.3 is 14.8 Å². The first-order valence-electron chi connectivity index (χ1n) is 11.0. The third-order valence-corrected chi connectivity index (χ3v) is 6.00. The van der Waals surface area contributed by atoms with E-state index in [1.807, 2.05) is 61.5 Å². The molecule has 0 atom stereocenters. The number of ether oxygens (including phenoxy) is 2. The first kappa shape index (κ1) is 25.3. The number of amides is 1. The van der Waals surface area contributed by atoms with E-state index in [1.54, 1.807) is 19.3 Å². The summed E-state index contributed by atoms with van der Waals surface area (Å²) in [6.07, 6.45) is 3.24. The van der Waals surface area contributed by atoms with E-state index in [4.69, 9.17) is 9.47 Å².